The first kappa shape index (κ1) is 15.9. The molecule has 2 aromatic carbocycles. The Morgan fingerprint density at radius 1 is 1.05 bits per heavy atom. The number of aryl methyl sites for hydroxylation is 1. The minimum atomic E-state index is -0.899. The van der Waals surface area contributed by atoms with Gasteiger partial charge in [-0.2, -0.15) is 0 Å². The first-order chi connectivity index (χ1) is 10.2. The Morgan fingerprint density at radius 2 is 1.71 bits per heavy atom. The van der Waals surface area contributed by atoms with Gasteiger partial charge < -0.3 is 5.32 Å². The van der Waals surface area contributed by atoms with Gasteiger partial charge in [0.2, 0.25) is 0 Å². The second-order valence-electron chi connectivity index (χ2n) is 5.29. The van der Waals surface area contributed by atoms with Gasteiger partial charge in [-0.15, -0.1) is 0 Å². The van der Waals surface area contributed by atoms with E-state index in [1.807, 2.05) is 12.1 Å². The summed E-state index contributed by atoms with van der Waals surface area (Å²) < 4.78 is 11.4. The molecule has 0 radical (unpaired) electrons. The van der Waals surface area contributed by atoms with Gasteiger partial charge in [0.15, 0.2) is 0 Å². The Bertz CT molecular complexity index is 566. The standard InChI is InChI=1S/C18H23NOS/c1-15(17-10-12-18(13-11-17)21(2)20)19-14-6-9-16-7-4-3-5-8-16/h3-5,7-8,10-13,15,19H,6,9,14H2,1-2H3/t15-,21-/m1/s1. The summed E-state index contributed by atoms with van der Waals surface area (Å²) in [5, 5.41) is 3.54. The van der Waals surface area contributed by atoms with Gasteiger partial charge in [-0.1, -0.05) is 42.5 Å². The fourth-order valence-corrected chi connectivity index (χ4v) is 2.84. The maximum absolute atomic E-state index is 11.4. The van der Waals surface area contributed by atoms with Crippen molar-refractivity contribution in [1.82, 2.24) is 5.32 Å². The maximum atomic E-state index is 11.4. The van der Waals surface area contributed by atoms with Gasteiger partial charge in [0.25, 0.3) is 0 Å². The van der Waals surface area contributed by atoms with Crippen molar-refractivity contribution < 1.29 is 4.21 Å². The first-order valence-electron chi connectivity index (χ1n) is 7.37. The van der Waals surface area contributed by atoms with Crippen LogP contribution in [0.1, 0.15) is 30.5 Å². The van der Waals surface area contributed by atoms with Crippen LogP contribution >= 0.6 is 0 Å². The van der Waals surface area contributed by atoms with Crippen molar-refractivity contribution in [3.63, 3.8) is 0 Å². The van der Waals surface area contributed by atoms with Gasteiger partial charge >= 0.3 is 0 Å². The summed E-state index contributed by atoms with van der Waals surface area (Å²) in [4.78, 5) is 0.884. The van der Waals surface area contributed by atoms with Crippen LogP contribution in [0.2, 0.25) is 0 Å². The molecule has 2 rings (SSSR count). The molecular weight excluding hydrogens is 278 g/mol. The summed E-state index contributed by atoms with van der Waals surface area (Å²) in [5.74, 6) is 0. The van der Waals surface area contributed by atoms with Crippen LogP contribution in [-0.4, -0.2) is 17.0 Å². The van der Waals surface area contributed by atoms with Crippen molar-refractivity contribution in [2.75, 3.05) is 12.8 Å². The van der Waals surface area contributed by atoms with Crippen LogP contribution in [0.25, 0.3) is 0 Å². The van der Waals surface area contributed by atoms with E-state index < -0.39 is 10.8 Å². The van der Waals surface area contributed by atoms with Gasteiger partial charge in [0.05, 0.1) is 0 Å². The van der Waals surface area contributed by atoms with E-state index in [9.17, 15) is 4.21 Å². The molecule has 0 aliphatic rings. The van der Waals surface area contributed by atoms with Crippen molar-refractivity contribution in [1.29, 1.82) is 0 Å². The molecular formula is C18H23NOS. The maximum Gasteiger partial charge on any atom is 0.0498 e. The molecule has 2 aromatic rings. The lowest BCUT2D eigenvalue weighted by atomic mass is 10.1. The summed E-state index contributed by atoms with van der Waals surface area (Å²) in [6, 6.07) is 18.9. The second-order valence-corrected chi connectivity index (χ2v) is 6.67. The molecule has 0 aromatic heterocycles. The molecule has 0 aliphatic heterocycles. The van der Waals surface area contributed by atoms with E-state index in [4.69, 9.17) is 0 Å². The summed E-state index contributed by atoms with van der Waals surface area (Å²) in [6.07, 6.45) is 3.94. The van der Waals surface area contributed by atoms with Crippen LogP contribution in [0, 0.1) is 0 Å². The van der Waals surface area contributed by atoms with Crippen molar-refractivity contribution >= 4 is 10.8 Å². The fraction of sp³-hybridized carbons (Fsp3) is 0.333. The van der Waals surface area contributed by atoms with E-state index in [-0.39, 0.29) is 0 Å². The molecule has 0 spiro atoms. The third kappa shape index (κ3) is 5.10. The largest absolute Gasteiger partial charge is 0.310 e. The molecule has 0 saturated carbocycles. The molecule has 0 unspecified atom stereocenters. The lowest BCUT2D eigenvalue weighted by Crippen LogP contribution is -2.20. The van der Waals surface area contributed by atoms with Crippen LogP contribution in [0.4, 0.5) is 0 Å². The highest BCUT2D eigenvalue weighted by Gasteiger charge is 2.05. The highest BCUT2D eigenvalue weighted by molar-refractivity contribution is 7.84. The quantitative estimate of drug-likeness (QED) is 0.790. The highest BCUT2D eigenvalue weighted by atomic mass is 32.2. The third-order valence-corrected chi connectivity index (χ3v) is 4.58. The van der Waals surface area contributed by atoms with Crippen molar-refractivity contribution in [2.24, 2.45) is 0 Å². The summed E-state index contributed by atoms with van der Waals surface area (Å²) >= 11 is 0. The molecule has 0 heterocycles. The van der Waals surface area contributed by atoms with Crippen molar-refractivity contribution in [2.45, 2.75) is 30.7 Å². The lowest BCUT2D eigenvalue weighted by molar-refractivity contribution is 0.558. The fourth-order valence-electron chi connectivity index (χ4n) is 2.32. The molecule has 0 saturated heterocycles. The van der Waals surface area contributed by atoms with Crippen molar-refractivity contribution in [3.8, 4) is 0 Å². The monoisotopic (exact) mass is 301 g/mol. The van der Waals surface area contributed by atoms with Gasteiger partial charge in [-0.3, -0.25) is 4.21 Å². The lowest BCUT2D eigenvalue weighted by Gasteiger charge is -2.14. The number of rotatable bonds is 7. The number of nitrogens with one attached hydrogen (secondary N) is 1. The zero-order chi connectivity index (χ0) is 15.1. The van der Waals surface area contributed by atoms with Crippen LogP contribution in [0.15, 0.2) is 59.5 Å². The summed E-state index contributed by atoms with van der Waals surface area (Å²) in [7, 11) is -0.899. The molecule has 2 atom stereocenters. The van der Waals surface area contributed by atoms with Gasteiger partial charge in [0.1, 0.15) is 0 Å². The zero-order valence-electron chi connectivity index (χ0n) is 12.7. The van der Waals surface area contributed by atoms with Gasteiger partial charge in [0, 0.05) is 28.0 Å². The molecule has 0 amide bonds. The van der Waals surface area contributed by atoms with E-state index in [1.165, 1.54) is 11.1 Å². The van der Waals surface area contributed by atoms with Crippen LogP contribution < -0.4 is 5.32 Å². The predicted octanol–water partition coefficient (Wildman–Crippen LogP) is 3.71. The van der Waals surface area contributed by atoms with Gasteiger partial charge in [-0.25, -0.2) is 0 Å². The first-order valence-corrected chi connectivity index (χ1v) is 8.93. The Kier molecular flexibility index (Phi) is 6.15. The minimum absolute atomic E-state index is 0.320. The van der Waals surface area contributed by atoms with Crippen LogP contribution in [-0.2, 0) is 17.2 Å². The SMILES string of the molecule is C[C@@H](NCCCc1ccccc1)c1ccc([S@@](C)=O)cc1. The molecule has 1 N–H and O–H groups in total. The molecule has 21 heavy (non-hydrogen) atoms. The molecule has 2 nitrogen and oxygen atoms in total. The number of benzene rings is 2. The topological polar surface area (TPSA) is 29.1 Å². The summed E-state index contributed by atoms with van der Waals surface area (Å²) in [5.41, 5.74) is 2.63. The Labute approximate surface area is 130 Å². The molecule has 3 heteroatoms. The third-order valence-electron chi connectivity index (χ3n) is 3.65. The Morgan fingerprint density at radius 3 is 2.33 bits per heavy atom. The van der Waals surface area contributed by atoms with E-state index in [0.717, 1.165) is 24.3 Å². The van der Waals surface area contributed by atoms with Crippen LogP contribution in [0.3, 0.4) is 0 Å². The number of hydrogen-bond donors (Lipinski definition) is 1. The predicted molar refractivity (Wildman–Crippen MR) is 90.0 cm³/mol. The van der Waals surface area contributed by atoms with Crippen molar-refractivity contribution in [3.05, 3.63) is 65.7 Å². The van der Waals surface area contributed by atoms with E-state index in [0.29, 0.717) is 6.04 Å². The van der Waals surface area contributed by atoms with E-state index >= 15 is 0 Å². The van der Waals surface area contributed by atoms with E-state index in [1.54, 1.807) is 6.26 Å². The van der Waals surface area contributed by atoms with Crippen LogP contribution in [0.5, 0.6) is 0 Å². The average molecular weight is 301 g/mol. The summed E-state index contributed by atoms with van der Waals surface area (Å²) in [6.45, 7) is 3.16. The zero-order valence-corrected chi connectivity index (χ0v) is 13.5. The van der Waals surface area contributed by atoms with E-state index in [2.05, 4.69) is 54.7 Å². The molecule has 112 valence electrons. The van der Waals surface area contributed by atoms with Gasteiger partial charge in [-0.05, 0) is 49.6 Å². The Hall–Kier alpha value is -1.45. The molecule has 0 bridgehead atoms. The average Bonchev–Trinajstić information content (AvgIpc) is 2.52. The second kappa shape index (κ2) is 8.11. The smallest absolute Gasteiger partial charge is 0.0498 e. The number of hydrogen-bond acceptors (Lipinski definition) is 2. The minimum Gasteiger partial charge on any atom is -0.310 e. The highest BCUT2D eigenvalue weighted by Crippen LogP contribution is 2.15. The molecule has 0 aliphatic carbocycles. The Balaban J connectivity index is 1.76. The molecule has 0 fully saturated rings. The normalized spacial score (nSPS) is 13.8.